The van der Waals surface area contributed by atoms with Gasteiger partial charge in [0, 0.05) is 11.3 Å². The SMILES string of the molecule is CC(O)c1cccc(Cc2cccc(-c3ccc(C(=O)CCCC4CCCC4C)s3)c2)c1. The Morgan fingerprint density at radius 1 is 1.06 bits per heavy atom. The number of carbonyl (C=O) groups excluding carboxylic acids is 1. The molecule has 1 aliphatic rings. The van der Waals surface area contributed by atoms with Gasteiger partial charge in [-0.05, 0) is 72.4 Å². The van der Waals surface area contributed by atoms with Crippen LogP contribution in [-0.2, 0) is 6.42 Å². The number of thiophene rings is 1. The standard InChI is InChI=1S/C29H34O2S/c1-20-7-3-10-24(20)11-6-14-27(31)29-16-15-28(32-29)26-13-5-9-23(19-26)17-22-8-4-12-25(18-22)21(2)30/h4-5,8-9,12-13,15-16,18-21,24,30H,3,6-7,10-11,14,17H2,1-2H3. The third-order valence-electron chi connectivity index (χ3n) is 6.95. The Morgan fingerprint density at radius 3 is 2.59 bits per heavy atom. The topological polar surface area (TPSA) is 37.3 Å². The van der Waals surface area contributed by atoms with Crippen LogP contribution in [0.4, 0.5) is 0 Å². The Hall–Kier alpha value is -2.23. The van der Waals surface area contributed by atoms with Crippen LogP contribution in [-0.4, -0.2) is 10.9 Å². The van der Waals surface area contributed by atoms with Crippen molar-refractivity contribution in [1.82, 2.24) is 0 Å². The zero-order valence-corrected chi connectivity index (χ0v) is 20.0. The third-order valence-corrected chi connectivity index (χ3v) is 8.13. The minimum Gasteiger partial charge on any atom is -0.389 e. The maximum absolute atomic E-state index is 12.7. The fourth-order valence-corrected chi connectivity index (χ4v) is 5.94. The first kappa shape index (κ1) is 22.9. The summed E-state index contributed by atoms with van der Waals surface area (Å²) in [6.07, 6.45) is 7.32. The summed E-state index contributed by atoms with van der Waals surface area (Å²) in [5, 5.41) is 9.85. The average Bonchev–Trinajstić information content (AvgIpc) is 3.44. The van der Waals surface area contributed by atoms with Gasteiger partial charge in [-0.1, -0.05) is 74.7 Å². The quantitative estimate of drug-likeness (QED) is 0.340. The van der Waals surface area contributed by atoms with Crippen LogP contribution in [0.5, 0.6) is 0 Å². The maximum Gasteiger partial charge on any atom is 0.172 e. The first-order chi connectivity index (χ1) is 15.5. The molecular weight excluding hydrogens is 412 g/mol. The number of carbonyl (C=O) groups is 1. The number of ketones is 1. The second kappa shape index (κ2) is 10.6. The number of Topliss-reactive ketones (excluding diaryl/α,β-unsaturated/α-hetero) is 1. The molecule has 1 aromatic heterocycles. The lowest BCUT2D eigenvalue weighted by atomic mass is 9.92. The summed E-state index contributed by atoms with van der Waals surface area (Å²) in [5.41, 5.74) is 4.54. The molecule has 1 saturated carbocycles. The van der Waals surface area contributed by atoms with E-state index >= 15 is 0 Å². The van der Waals surface area contributed by atoms with Crippen molar-refractivity contribution in [3.63, 3.8) is 0 Å². The van der Waals surface area contributed by atoms with Gasteiger partial charge in [0.15, 0.2) is 5.78 Å². The minimum atomic E-state index is -0.454. The molecule has 3 atom stereocenters. The number of aliphatic hydroxyl groups is 1. The fraction of sp³-hybridized carbons (Fsp3) is 0.414. The van der Waals surface area contributed by atoms with Crippen LogP contribution in [0.3, 0.4) is 0 Å². The molecule has 2 aromatic carbocycles. The second-order valence-corrected chi connectivity index (χ2v) is 10.5. The highest BCUT2D eigenvalue weighted by Gasteiger charge is 2.23. The van der Waals surface area contributed by atoms with E-state index in [2.05, 4.69) is 49.4 Å². The Kier molecular flexibility index (Phi) is 7.59. The van der Waals surface area contributed by atoms with E-state index < -0.39 is 6.10 Å². The molecule has 2 nitrogen and oxygen atoms in total. The van der Waals surface area contributed by atoms with E-state index in [0.717, 1.165) is 45.6 Å². The van der Waals surface area contributed by atoms with E-state index in [1.165, 1.54) is 36.8 Å². The number of hydrogen-bond acceptors (Lipinski definition) is 3. The first-order valence-electron chi connectivity index (χ1n) is 12.0. The predicted octanol–water partition coefficient (Wildman–Crippen LogP) is 7.85. The van der Waals surface area contributed by atoms with Crippen molar-refractivity contribution in [3.05, 3.63) is 82.2 Å². The molecule has 0 aliphatic heterocycles. The second-order valence-electron chi connectivity index (χ2n) is 9.45. The van der Waals surface area contributed by atoms with Crippen molar-refractivity contribution in [2.75, 3.05) is 0 Å². The summed E-state index contributed by atoms with van der Waals surface area (Å²) < 4.78 is 0. The summed E-state index contributed by atoms with van der Waals surface area (Å²) >= 11 is 1.62. The van der Waals surface area contributed by atoms with E-state index in [4.69, 9.17) is 0 Å². The Bertz CT molecular complexity index is 1050. The highest BCUT2D eigenvalue weighted by Crippen LogP contribution is 2.35. The number of hydrogen-bond donors (Lipinski definition) is 1. The smallest absolute Gasteiger partial charge is 0.172 e. The molecule has 3 heteroatoms. The van der Waals surface area contributed by atoms with Crippen molar-refractivity contribution >= 4 is 17.1 Å². The van der Waals surface area contributed by atoms with Crippen molar-refractivity contribution in [2.45, 2.75) is 64.9 Å². The van der Waals surface area contributed by atoms with Gasteiger partial charge in [-0.2, -0.15) is 0 Å². The van der Waals surface area contributed by atoms with E-state index in [1.54, 1.807) is 18.3 Å². The van der Waals surface area contributed by atoms with E-state index in [1.807, 2.05) is 18.2 Å². The van der Waals surface area contributed by atoms with Gasteiger partial charge in [0.05, 0.1) is 11.0 Å². The van der Waals surface area contributed by atoms with Crippen LogP contribution in [0.15, 0.2) is 60.7 Å². The van der Waals surface area contributed by atoms with Gasteiger partial charge in [-0.25, -0.2) is 0 Å². The van der Waals surface area contributed by atoms with Gasteiger partial charge in [0.2, 0.25) is 0 Å². The highest BCUT2D eigenvalue weighted by molar-refractivity contribution is 7.17. The fourth-order valence-electron chi connectivity index (χ4n) is 4.98. The molecule has 3 unspecified atom stereocenters. The van der Waals surface area contributed by atoms with E-state index in [9.17, 15) is 9.90 Å². The molecule has 0 bridgehead atoms. The molecule has 1 fully saturated rings. The van der Waals surface area contributed by atoms with Crippen LogP contribution < -0.4 is 0 Å². The van der Waals surface area contributed by atoms with Crippen LogP contribution in [0.2, 0.25) is 0 Å². The lowest BCUT2D eigenvalue weighted by Crippen LogP contribution is -2.05. The highest BCUT2D eigenvalue weighted by atomic mass is 32.1. The first-order valence-corrected chi connectivity index (χ1v) is 12.8. The molecule has 4 rings (SSSR count). The Morgan fingerprint density at radius 2 is 1.84 bits per heavy atom. The number of aliphatic hydroxyl groups excluding tert-OH is 1. The molecule has 168 valence electrons. The molecule has 0 amide bonds. The zero-order valence-electron chi connectivity index (χ0n) is 19.2. The van der Waals surface area contributed by atoms with Crippen LogP contribution in [0.25, 0.3) is 10.4 Å². The van der Waals surface area contributed by atoms with Crippen molar-refractivity contribution in [1.29, 1.82) is 0 Å². The molecule has 0 saturated heterocycles. The Labute approximate surface area is 196 Å². The van der Waals surface area contributed by atoms with Gasteiger partial charge in [-0.15, -0.1) is 11.3 Å². The normalized spacial score (nSPS) is 19.2. The Balaban J connectivity index is 1.38. The molecule has 1 aliphatic carbocycles. The average molecular weight is 447 g/mol. The minimum absolute atomic E-state index is 0.290. The zero-order chi connectivity index (χ0) is 22.5. The molecule has 1 N–H and O–H groups in total. The predicted molar refractivity (Wildman–Crippen MR) is 134 cm³/mol. The summed E-state index contributed by atoms with van der Waals surface area (Å²) in [4.78, 5) is 14.8. The van der Waals surface area contributed by atoms with Gasteiger partial charge in [-0.3, -0.25) is 4.79 Å². The van der Waals surface area contributed by atoms with Crippen molar-refractivity contribution in [2.24, 2.45) is 11.8 Å². The third kappa shape index (κ3) is 5.76. The summed E-state index contributed by atoms with van der Waals surface area (Å²) in [5.74, 6) is 1.95. The molecule has 0 radical (unpaired) electrons. The number of benzene rings is 2. The molecule has 0 spiro atoms. The summed E-state index contributed by atoms with van der Waals surface area (Å²) in [6, 6.07) is 20.8. The monoisotopic (exact) mass is 446 g/mol. The summed E-state index contributed by atoms with van der Waals surface area (Å²) in [6.45, 7) is 4.16. The maximum atomic E-state index is 12.7. The molecule has 32 heavy (non-hydrogen) atoms. The largest absolute Gasteiger partial charge is 0.389 e. The van der Waals surface area contributed by atoms with Crippen LogP contribution in [0.1, 0.15) is 84.8 Å². The van der Waals surface area contributed by atoms with Gasteiger partial charge < -0.3 is 5.11 Å². The number of rotatable bonds is 9. The van der Waals surface area contributed by atoms with E-state index in [0.29, 0.717) is 6.42 Å². The lowest BCUT2D eigenvalue weighted by molar-refractivity contribution is 0.0980. The molecule has 3 aromatic rings. The van der Waals surface area contributed by atoms with Gasteiger partial charge >= 0.3 is 0 Å². The van der Waals surface area contributed by atoms with Crippen LogP contribution in [0, 0.1) is 11.8 Å². The van der Waals surface area contributed by atoms with Gasteiger partial charge in [0.25, 0.3) is 0 Å². The molecular formula is C29H34O2S. The van der Waals surface area contributed by atoms with Gasteiger partial charge in [0.1, 0.15) is 0 Å². The summed E-state index contributed by atoms with van der Waals surface area (Å²) in [7, 11) is 0. The van der Waals surface area contributed by atoms with Crippen LogP contribution >= 0.6 is 11.3 Å². The molecule has 1 heterocycles. The van der Waals surface area contributed by atoms with Crippen molar-refractivity contribution in [3.8, 4) is 10.4 Å². The lowest BCUT2D eigenvalue weighted by Gasteiger charge is -2.14. The van der Waals surface area contributed by atoms with Crippen molar-refractivity contribution < 1.29 is 9.90 Å². The van der Waals surface area contributed by atoms with E-state index in [-0.39, 0.29) is 5.78 Å².